The molecule has 9 rings (SSSR count). The number of rotatable bonds is 7. The minimum Gasteiger partial charge on any atom is -0.486 e. The van der Waals surface area contributed by atoms with E-state index in [-0.39, 0.29) is 25.5 Å². The summed E-state index contributed by atoms with van der Waals surface area (Å²) in [5.41, 5.74) is 12.5. The van der Waals surface area contributed by atoms with E-state index < -0.39 is 0 Å². The molecule has 54 heavy (non-hydrogen) atoms. The molecule has 1 aliphatic carbocycles. The number of nitrogens with zero attached hydrogens (tertiary/aromatic N) is 3. The van der Waals surface area contributed by atoms with Crippen molar-refractivity contribution in [1.29, 1.82) is 0 Å². The third-order valence-electron chi connectivity index (χ3n) is 10.7. The van der Waals surface area contributed by atoms with E-state index in [2.05, 4.69) is 128 Å². The Balaban J connectivity index is 0.000000191. The molecule has 0 N–H and O–H groups in total. The van der Waals surface area contributed by atoms with Gasteiger partial charge >= 0.3 is 0 Å². The Labute approximate surface area is 332 Å². The first-order chi connectivity index (χ1) is 25.9. The number of fused-ring (bicyclic) bond motifs is 3. The molecule has 4 aromatic carbocycles. The molecular formula is C49H43IrN3O-2. The Morgan fingerprint density at radius 3 is 2.24 bits per heavy atom. The predicted octanol–water partition coefficient (Wildman–Crippen LogP) is 12.4. The first-order valence-corrected chi connectivity index (χ1v) is 18.7. The van der Waals surface area contributed by atoms with Crippen molar-refractivity contribution in [2.45, 2.75) is 58.3 Å². The smallest absolute Gasteiger partial charge is 0.216 e. The predicted molar refractivity (Wildman–Crippen MR) is 216 cm³/mol. The Kier molecular flexibility index (Phi) is 11.3. The van der Waals surface area contributed by atoms with Crippen LogP contribution in [0.1, 0.15) is 61.9 Å². The van der Waals surface area contributed by atoms with E-state index in [1.807, 2.05) is 54.9 Å². The summed E-state index contributed by atoms with van der Waals surface area (Å²) in [5.74, 6) is 0.819. The van der Waals surface area contributed by atoms with Crippen LogP contribution >= 0.6 is 0 Å². The third-order valence-corrected chi connectivity index (χ3v) is 10.7. The zero-order valence-corrected chi connectivity index (χ0v) is 33.4. The van der Waals surface area contributed by atoms with Gasteiger partial charge in [-0.1, -0.05) is 123 Å². The van der Waals surface area contributed by atoms with Gasteiger partial charge < -0.3 is 14.4 Å². The Morgan fingerprint density at radius 1 is 0.741 bits per heavy atom. The second kappa shape index (κ2) is 16.4. The summed E-state index contributed by atoms with van der Waals surface area (Å²) in [6, 6.07) is 50.3. The number of hydrogen-bond acceptors (Lipinski definition) is 4. The van der Waals surface area contributed by atoms with Crippen LogP contribution in [0.2, 0.25) is 0 Å². The fourth-order valence-corrected chi connectivity index (χ4v) is 7.55. The minimum atomic E-state index is -0.213. The molecule has 271 valence electrons. The topological polar surface area (TPSA) is 51.8 Å². The van der Waals surface area contributed by atoms with Gasteiger partial charge in [0.2, 0.25) is 5.71 Å². The van der Waals surface area contributed by atoms with Crippen molar-refractivity contribution in [3.05, 3.63) is 174 Å². The quantitative estimate of drug-likeness (QED) is 0.150. The van der Waals surface area contributed by atoms with Gasteiger partial charge in [0.15, 0.2) is 0 Å². The molecule has 4 heterocycles. The number of benzene rings is 4. The van der Waals surface area contributed by atoms with Gasteiger partial charge in [-0.2, -0.15) is 0 Å². The minimum absolute atomic E-state index is 0. The summed E-state index contributed by atoms with van der Waals surface area (Å²) in [4.78, 5) is 14.1. The van der Waals surface area contributed by atoms with Crippen molar-refractivity contribution in [1.82, 2.24) is 15.0 Å². The van der Waals surface area contributed by atoms with E-state index in [0.29, 0.717) is 5.71 Å². The largest absolute Gasteiger partial charge is 0.486 e. The molecule has 0 bridgehead atoms. The van der Waals surface area contributed by atoms with Gasteiger partial charge in [-0.25, -0.2) is 4.98 Å². The summed E-state index contributed by atoms with van der Waals surface area (Å²) in [6.07, 6.45) is 10.5. The van der Waals surface area contributed by atoms with Gasteiger partial charge in [-0.05, 0) is 71.1 Å². The van der Waals surface area contributed by atoms with Crippen LogP contribution in [-0.2, 0) is 31.9 Å². The van der Waals surface area contributed by atoms with Crippen molar-refractivity contribution in [3.63, 3.8) is 0 Å². The number of furan rings is 1. The van der Waals surface area contributed by atoms with Gasteiger partial charge in [0.25, 0.3) is 0 Å². The molecular weight excluding hydrogens is 839 g/mol. The number of pyridine rings is 3. The Hall–Kier alpha value is -5.22. The normalized spacial score (nSPS) is 13.0. The molecule has 4 aromatic heterocycles. The van der Waals surface area contributed by atoms with Gasteiger partial charge in [0, 0.05) is 43.3 Å². The van der Waals surface area contributed by atoms with Crippen molar-refractivity contribution in [2.24, 2.45) is 5.92 Å². The summed E-state index contributed by atoms with van der Waals surface area (Å²) < 4.78 is 6.16. The van der Waals surface area contributed by atoms with Gasteiger partial charge in [0.05, 0.1) is 11.3 Å². The number of aryl methyl sites for hydroxylation is 1. The van der Waals surface area contributed by atoms with Gasteiger partial charge in [0.1, 0.15) is 0 Å². The first kappa shape index (κ1) is 37.1. The monoisotopic (exact) mass is 882 g/mol. The van der Waals surface area contributed by atoms with Gasteiger partial charge in [-0.15, -0.1) is 59.7 Å². The summed E-state index contributed by atoms with van der Waals surface area (Å²) in [6.45, 7) is 6.50. The average Bonchev–Trinajstić information content (AvgIpc) is 3.86. The van der Waals surface area contributed by atoms with E-state index in [9.17, 15) is 0 Å². The van der Waals surface area contributed by atoms with Crippen LogP contribution in [0.25, 0.3) is 55.7 Å². The molecule has 0 amide bonds. The molecule has 1 radical (unpaired) electrons. The molecule has 5 heteroatoms. The maximum Gasteiger partial charge on any atom is 0.216 e. The van der Waals surface area contributed by atoms with E-state index >= 15 is 0 Å². The van der Waals surface area contributed by atoms with Crippen LogP contribution in [-0.4, -0.2) is 15.0 Å². The van der Waals surface area contributed by atoms with Crippen LogP contribution in [0, 0.1) is 25.0 Å². The second-order valence-corrected chi connectivity index (χ2v) is 14.7. The standard InChI is InChI=1S/C31H29N2O.C18H14N.Ir/c1-31(2,24-10-4-3-5-11-24)29-15-13-25-26-20-23(12-14-28(26)34-30(25)33-29)27-19-22(16-17-32-27)18-21-8-6-7-9-21;1-14-13-19-18(16-10-6-3-7-11-16)12-17(14)15-8-4-2-5-9-15;/h3-5,10-11,13-17,19-21H,6-9,18H2,1-2H3;2-10,12-13H,1H3;/q2*-1;. The summed E-state index contributed by atoms with van der Waals surface area (Å²) in [7, 11) is 0. The zero-order valence-electron chi connectivity index (χ0n) is 31.0. The third kappa shape index (κ3) is 7.99. The van der Waals surface area contributed by atoms with E-state index in [0.717, 1.165) is 56.9 Å². The molecule has 0 unspecified atom stereocenters. The van der Waals surface area contributed by atoms with E-state index in [4.69, 9.17) is 9.40 Å². The van der Waals surface area contributed by atoms with Crippen molar-refractivity contribution >= 4 is 22.1 Å². The maximum absolute atomic E-state index is 6.16. The molecule has 4 nitrogen and oxygen atoms in total. The number of hydrogen-bond donors (Lipinski definition) is 0. The fourth-order valence-electron chi connectivity index (χ4n) is 7.55. The van der Waals surface area contributed by atoms with Crippen molar-refractivity contribution < 1.29 is 24.5 Å². The van der Waals surface area contributed by atoms with Crippen LogP contribution in [0.4, 0.5) is 0 Å². The molecule has 1 fully saturated rings. The van der Waals surface area contributed by atoms with Crippen LogP contribution in [0.15, 0.2) is 144 Å². The molecule has 1 saturated carbocycles. The molecule has 8 aromatic rings. The molecule has 0 atom stereocenters. The molecule has 0 spiro atoms. The van der Waals surface area contributed by atoms with Crippen LogP contribution < -0.4 is 0 Å². The summed E-state index contributed by atoms with van der Waals surface area (Å²) >= 11 is 0. The molecule has 0 aliphatic heterocycles. The zero-order chi connectivity index (χ0) is 36.2. The van der Waals surface area contributed by atoms with Crippen molar-refractivity contribution in [2.75, 3.05) is 0 Å². The molecule has 0 saturated heterocycles. The second-order valence-electron chi connectivity index (χ2n) is 14.7. The van der Waals surface area contributed by atoms with E-state index in [1.54, 1.807) is 0 Å². The molecule has 1 aliphatic rings. The van der Waals surface area contributed by atoms with Gasteiger partial charge in [-0.3, -0.25) is 0 Å². The first-order valence-electron chi connectivity index (χ1n) is 18.7. The Morgan fingerprint density at radius 2 is 1.48 bits per heavy atom. The SMILES string of the molecule is CC(C)(c1ccccc1)c1ccc2c(n1)oc1c[c-]c(-c3cc(CC4CCCC4)ccn3)cc12.Cc1cnc(-c2[c-]cccc2)cc1-c1ccccc1.[Ir]. The summed E-state index contributed by atoms with van der Waals surface area (Å²) in [5, 5.41) is 2.09. The van der Waals surface area contributed by atoms with Crippen LogP contribution in [0.3, 0.4) is 0 Å². The van der Waals surface area contributed by atoms with Crippen molar-refractivity contribution in [3.8, 4) is 33.6 Å². The average molecular weight is 882 g/mol. The van der Waals surface area contributed by atoms with Crippen LogP contribution in [0.5, 0.6) is 0 Å². The fraction of sp³-hybridized carbons (Fsp3) is 0.204. The number of aromatic nitrogens is 3. The maximum atomic E-state index is 6.16. The van der Waals surface area contributed by atoms with E-state index in [1.165, 1.54) is 53.5 Å². The Bertz CT molecular complexity index is 2470.